The van der Waals surface area contributed by atoms with Gasteiger partial charge in [0.05, 0.1) is 26.2 Å². The van der Waals surface area contributed by atoms with Crippen molar-refractivity contribution in [2.24, 2.45) is 0 Å². The Balaban J connectivity index is 4.40. The molecule has 0 spiro atoms. The van der Waals surface area contributed by atoms with Gasteiger partial charge < -0.3 is 4.48 Å². The summed E-state index contributed by atoms with van der Waals surface area (Å²) in [7, 11) is 0. The predicted octanol–water partition coefficient (Wildman–Crippen LogP) is 8.12. The van der Waals surface area contributed by atoms with Crippen molar-refractivity contribution in [1.82, 2.24) is 0 Å². The molecule has 1 heteroatoms. The maximum Gasteiger partial charge on any atom is 0.0786 e. The normalized spacial score (nSPS) is 12.0. The third-order valence-corrected chi connectivity index (χ3v) is 5.91. The van der Waals surface area contributed by atoms with Crippen LogP contribution in [0, 0.1) is 0 Å². The quantitative estimate of drug-likeness (QED) is 0.153. The van der Waals surface area contributed by atoms with Crippen molar-refractivity contribution in [2.75, 3.05) is 26.2 Å². The van der Waals surface area contributed by atoms with Crippen LogP contribution in [0.15, 0.2) is 0 Å². The van der Waals surface area contributed by atoms with E-state index in [1.807, 2.05) is 0 Å². The van der Waals surface area contributed by atoms with Gasteiger partial charge in [0.1, 0.15) is 0 Å². The number of hydrogen-bond acceptors (Lipinski definition) is 0. The number of hydrogen-bond donors (Lipinski definition) is 0. The lowest BCUT2D eigenvalue weighted by Gasteiger charge is -2.39. The molecule has 0 saturated heterocycles. The summed E-state index contributed by atoms with van der Waals surface area (Å²) in [5.41, 5.74) is 0. The Morgan fingerprint density at radius 1 is 0.320 bits per heavy atom. The zero-order chi connectivity index (χ0) is 18.6. The molecule has 0 aromatic rings. The zero-order valence-electron chi connectivity index (χ0n) is 18.6. The molecule has 0 bridgehead atoms. The van der Waals surface area contributed by atoms with E-state index in [-0.39, 0.29) is 0 Å². The van der Waals surface area contributed by atoms with Crippen LogP contribution in [0.2, 0.25) is 0 Å². The molecular formula is C24H52N+. The topological polar surface area (TPSA) is 0 Å². The van der Waals surface area contributed by atoms with E-state index >= 15 is 0 Å². The van der Waals surface area contributed by atoms with Crippen LogP contribution in [0.1, 0.15) is 130 Å². The average molecular weight is 355 g/mol. The lowest BCUT2D eigenvalue weighted by molar-refractivity contribution is -0.929. The van der Waals surface area contributed by atoms with E-state index in [1.165, 1.54) is 133 Å². The molecule has 0 N–H and O–H groups in total. The first-order valence-corrected chi connectivity index (χ1v) is 12.1. The number of rotatable bonds is 20. The van der Waals surface area contributed by atoms with Crippen molar-refractivity contribution in [3.05, 3.63) is 0 Å². The first-order chi connectivity index (χ1) is 12.2. The first kappa shape index (κ1) is 25.0. The van der Waals surface area contributed by atoms with Crippen molar-refractivity contribution in [3.8, 4) is 0 Å². The highest BCUT2D eigenvalue weighted by Gasteiger charge is 2.25. The number of unbranched alkanes of at least 4 members (excludes halogenated alkanes) is 12. The predicted molar refractivity (Wildman–Crippen MR) is 116 cm³/mol. The van der Waals surface area contributed by atoms with Crippen LogP contribution in [-0.2, 0) is 0 Å². The molecule has 0 aromatic heterocycles. The summed E-state index contributed by atoms with van der Waals surface area (Å²) in [6, 6.07) is 0. The fourth-order valence-electron chi connectivity index (χ4n) is 4.30. The van der Waals surface area contributed by atoms with Crippen LogP contribution >= 0.6 is 0 Å². The molecule has 152 valence electrons. The van der Waals surface area contributed by atoms with Gasteiger partial charge in [0.25, 0.3) is 0 Å². The summed E-state index contributed by atoms with van der Waals surface area (Å²) in [5, 5.41) is 0. The molecule has 1 nitrogen and oxygen atoms in total. The lowest BCUT2D eigenvalue weighted by atomic mass is 10.1. The van der Waals surface area contributed by atoms with Crippen LogP contribution in [0.3, 0.4) is 0 Å². The molecule has 0 atom stereocenters. The van der Waals surface area contributed by atoms with Crippen LogP contribution in [0.25, 0.3) is 0 Å². The minimum absolute atomic E-state index is 1.36. The molecule has 0 aliphatic heterocycles. The van der Waals surface area contributed by atoms with Crippen LogP contribution in [-0.4, -0.2) is 30.7 Å². The van der Waals surface area contributed by atoms with Gasteiger partial charge in [-0.3, -0.25) is 0 Å². The highest BCUT2D eigenvalue weighted by molar-refractivity contribution is 4.52. The van der Waals surface area contributed by atoms with Gasteiger partial charge in [-0.1, -0.05) is 85.5 Å². The molecule has 0 aromatic carbocycles. The molecule has 0 aliphatic rings. The van der Waals surface area contributed by atoms with Gasteiger partial charge in [-0.25, -0.2) is 0 Å². The summed E-state index contributed by atoms with van der Waals surface area (Å²) in [6.45, 7) is 15.2. The molecule has 0 radical (unpaired) electrons. The number of quaternary nitrogens is 1. The molecule has 0 amide bonds. The van der Waals surface area contributed by atoms with Crippen molar-refractivity contribution >= 4 is 0 Å². The minimum atomic E-state index is 1.36. The lowest BCUT2D eigenvalue weighted by Crippen LogP contribution is -2.50. The molecule has 25 heavy (non-hydrogen) atoms. The van der Waals surface area contributed by atoms with E-state index in [2.05, 4.69) is 27.7 Å². The molecule has 0 fully saturated rings. The van der Waals surface area contributed by atoms with Gasteiger partial charge in [0, 0.05) is 0 Å². The Labute approximate surface area is 161 Å². The number of nitrogens with zero attached hydrogens (tertiary/aromatic N) is 1. The van der Waals surface area contributed by atoms with Gasteiger partial charge in [0.15, 0.2) is 0 Å². The summed E-state index contributed by atoms with van der Waals surface area (Å²) >= 11 is 0. The summed E-state index contributed by atoms with van der Waals surface area (Å²) < 4.78 is 1.45. The van der Waals surface area contributed by atoms with Crippen LogP contribution < -0.4 is 0 Å². The van der Waals surface area contributed by atoms with Crippen molar-refractivity contribution < 1.29 is 4.48 Å². The second kappa shape index (κ2) is 18.7. The highest BCUT2D eigenvalue weighted by Crippen LogP contribution is 2.18. The van der Waals surface area contributed by atoms with E-state index in [1.54, 1.807) is 0 Å². The standard InChI is InChI=1S/C24H52N/c1-5-9-12-15-18-22-25(21-8-4,23-19-16-13-10-6-2)24-20-17-14-11-7-3/h5-24H2,1-4H3/q+1. The van der Waals surface area contributed by atoms with Gasteiger partial charge in [0.2, 0.25) is 0 Å². The Morgan fingerprint density at radius 2 is 0.640 bits per heavy atom. The van der Waals surface area contributed by atoms with Crippen molar-refractivity contribution in [3.63, 3.8) is 0 Å². The van der Waals surface area contributed by atoms with Crippen LogP contribution in [0.4, 0.5) is 0 Å². The van der Waals surface area contributed by atoms with E-state index in [0.29, 0.717) is 0 Å². The molecular weight excluding hydrogens is 302 g/mol. The second-order valence-electron chi connectivity index (χ2n) is 8.48. The van der Waals surface area contributed by atoms with Gasteiger partial charge in [-0.05, 0) is 44.9 Å². The highest BCUT2D eigenvalue weighted by atomic mass is 15.3. The second-order valence-corrected chi connectivity index (χ2v) is 8.48. The summed E-state index contributed by atoms with van der Waals surface area (Å²) in [5.74, 6) is 0. The molecule has 0 unspecified atom stereocenters. The summed E-state index contributed by atoms with van der Waals surface area (Å²) in [6.07, 6.45) is 22.9. The maximum atomic E-state index is 2.40. The third-order valence-electron chi connectivity index (χ3n) is 5.91. The van der Waals surface area contributed by atoms with E-state index in [4.69, 9.17) is 0 Å². The van der Waals surface area contributed by atoms with E-state index in [0.717, 1.165) is 0 Å². The van der Waals surface area contributed by atoms with Crippen molar-refractivity contribution in [1.29, 1.82) is 0 Å². The fraction of sp³-hybridized carbons (Fsp3) is 1.00. The molecule has 0 aliphatic carbocycles. The Bertz CT molecular complexity index is 212. The maximum absolute atomic E-state index is 2.40. The summed E-state index contributed by atoms with van der Waals surface area (Å²) in [4.78, 5) is 0. The Kier molecular flexibility index (Phi) is 18.7. The van der Waals surface area contributed by atoms with Gasteiger partial charge in [-0.2, -0.15) is 0 Å². The molecule has 0 saturated carbocycles. The Hall–Kier alpha value is -0.0400. The fourth-order valence-corrected chi connectivity index (χ4v) is 4.30. The van der Waals surface area contributed by atoms with Gasteiger partial charge >= 0.3 is 0 Å². The molecule has 0 heterocycles. The van der Waals surface area contributed by atoms with Crippen molar-refractivity contribution in [2.45, 2.75) is 130 Å². The third kappa shape index (κ3) is 14.8. The SMILES string of the molecule is CCCCCCC[N+](CCC)(CCCCCCC)CCCCCCC. The Morgan fingerprint density at radius 3 is 0.920 bits per heavy atom. The minimum Gasteiger partial charge on any atom is -0.324 e. The zero-order valence-corrected chi connectivity index (χ0v) is 18.6. The first-order valence-electron chi connectivity index (χ1n) is 12.1. The smallest absolute Gasteiger partial charge is 0.0786 e. The van der Waals surface area contributed by atoms with E-state index in [9.17, 15) is 0 Å². The molecule has 0 rings (SSSR count). The van der Waals surface area contributed by atoms with Crippen LogP contribution in [0.5, 0.6) is 0 Å². The van der Waals surface area contributed by atoms with Gasteiger partial charge in [-0.15, -0.1) is 0 Å². The van der Waals surface area contributed by atoms with E-state index < -0.39 is 0 Å². The largest absolute Gasteiger partial charge is 0.324 e. The monoisotopic (exact) mass is 354 g/mol. The average Bonchev–Trinajstić information content (AvgIpc) is 2.61.